The van der Waals surface area contributed by atoms with Crippen LogP contribution in [0.15, 0.2) is 72.8 Å². The fourth-order valence-corrected chi connectivity index (χ4v) is 11.0. The van der Waals surface area contributed by atoms with Gasteiger partial charge in [0.2, 0.25) is 0 Å². The third kappa shape index (κ3) is 5.39. The van der Waals surface area contributed by atoms with Crippen molar-refractivity contribution in [2.45, 2.75) is 133 Å². The lowest BCUT2D eigenvalue weighted by Crippen LogP contribution is -2.63. The van der Waals surface area contributed by atoms with E-state index in [1.807, 2.05) is 11.3 Å². The van der Waals surface area contributed by atoms with Crippen molar-refractivity contribution in [1.29, 1.82) is 0 Å². The Bertz CT molecular complexity index is 2270. The molecule has 1 saturated carbocycles. The maximum absolute atomic E-state index is 2.88. The highest BCUT2D eigenvalue weighted by Crippen LogP contribution is 2.60. The lowest BCUT2D eigenvalue weighted by atomic mass is 9.36. The van der Waals surface area contributed by atoms with Crippen LogP contribution >= 0.6 is 11.3 Å². The van der Waals surface area contributed by atoms with Gasteiger partial charge in [-0.3, -0.25) is 0 Å². The maximum Gasteiger partial charge on any atom is 0.264 e. The molecular formula is C49H61BN2S. The Morgan fingerprint density at radius 1 is 0.660 bits per heavy atom. The average Bonchev–Trinajstić information content (AvgIpc) is 3.50. The third-order valence-electron chi connectivity index (χ3n) is 14.2. The Labute approximate surface area is 325 Å². The van der Waals surface area contributed by atoms with Gasteiger partial charge in [0, 0.05) is 43.7 Å². The van der Waals surface area contributed by atoms with Crippen molar-refractivity contribution in [3.63, 3.8) is 0 Å². The van der Waals surface area contributed by atoms with E-state index in [9.17, 15) is 0 Å². The number of rotatable bonds is 2. The van der Waals surface area contributed by atoms with Gasteiger partial charge in [-0.15, -0.1) is 11.3 Å². The normalized spacial score (nSPS) is 20.5. The standard InChI is InChI=1S/C49H61BN2S/c1-29-24-38-42-39(25-29)52(41-26-30(2)48(12,13)49(41,14)15)43-35-27-32(46(6,7)8)19-23-40(35)53-44(43)50(42)36-28-33(47(9,10)11)18-22-37(36)51(38)34-20-16-31(17-21-34)45(3,4)5/h16-25,27-28,30,41H,26H2,1-15H3. The zero-order valence-corrected chi connectivity index (χ0v) is 36.0. The molecule has 2 unspecified atom stereocenters. The Morgan fingerprint density at radius 2 is 1.23 bits per heavy atom. The second-order valence-corrected chi connectivity index (χ2v) is 22.1. The molecular weight excluding hydrogens is 659 g/mol. The Morgan fingerprint density at radius 3 is 1.81 bits per heavy atom. The fourth-order valence-electron chi connectivity index (χ4n) is 9.72. The minimum atomic E-state index is 0.0332. The van der Waals surface area contributed by atoms with E-state index < -0.39 is 0 Å². The van der Waals surface area contributed by atoms with E-state index in [0.29, 0.717) is 12.0 Å². The summed E-state index contributed by atoms with van der Waals surface area (Å²) in [7, 11) is 0. The van der Waals surface area contributed by atoms with E-state index in [1.165, 1.54) is 82.9 Å². The van der Waals surface area contributed by atoms with Crippen LogP contribution in [0.1, 0.15) is 126 Å². The maximum atomic E-state index is 2.88. The Kier molecular flexibility index (Phi) is 7.92. The van der Waals surface area contributed by atoms with E-state index in [2.05, 4.69) is 186 Å². The first-order chi connectivity index (χ1) is 24.5. The lowest BCUT2D eigenvalue weighted by Gasteiger charge is -2.50. The van der Waals surface area contributed by atoms with Crippen molar-refractivity contribution >= 4 is 72.3 Å². The summed E-state index contributed by atoms with van der Waals surface area (Å²) in [5.41, 5.74) is 15.6. The summed E-state index contributed by atoms with van der Waals surface area (Å²) in [6.07, 6.45) is 1.17. The molecule has 4 heteroatoms. The summed E-state index contributed by atoms with van der Waals surface area (Å²) in [5.74, 6) is 0.604. The van der Waals surface area contributed by atoms with Crippen LogP contribution in [0, 0.1) is 23.7 Å². The van der Waals surface area contributed by atoms with Gasteiger partial charge in [0.15, 0.2) is 0 Å². The van der Waals surface area contributed by atoms with Gasteiger partial charge >= 0.3 is 0 Å². The summed E-state index contributed by atoms with van der Waals surface area (Å²) in [6, 6.07) is 29.5. The number of aryl methyl sites for hydroxylation is 1. The predicted molar refractivity (Wildman–Crippen MR) is 236 cm³/mol. The average molecular weight is 721 g/mol. The zero-order valence-electron chi connectivity index (χ0n) is 35.2. The monoisotopic (exact) mass is 720 g/mol. The molecule has 1 aliphatic carbocycles. The quantitative estimate of drug-likeness (QED) is 0.164. The van der Waals surface area contributed by atoms with Crippen LogP contribution in [-0.4, -0.2) is 12.8 Å². The van der Waals surface area contributed by atoms with E-state index in [1.54, 1.807) is 0 Å². The second-order valence-electron chi connectivity index (χ2n) is 21.0. The number of anilines is 5. The lowest BCUT2D eigenvalue weighted by molar-refractivity contribution is 0.105. The van der Waals surface area contributed by atoms with Gasteiger partial charge in [-0.05, 0) is 122 Å². The Hall–Kier alpha value is -3.50. The predicted octanol–water partition coefficient (Wildman–Crippen LogP) is 12.3. The molecule has 0 spiro atoms. The molecule has 0 amide bonds. The van der Waals surface area contributed by atoms with Gasteiger partial charge in [-0.1, -0.05) is 127 Å². The van der Waals surface area contributed by atoms with E-state index in [-0.39, 0.29) is 33.8 Å². The molecule has 53 heavy (non-hydrogen) atoms. The largest absolute Gasteiger partial charge is 0.337 e. The molecule has 0 saturated heterocycles. The molecule has 1 fully saturated rings. The highest BCUT2D eigenvalue weighted by molar-refractivity contribution is 7.33. The summed E-state index contributed by atoms with van der Waals surface area (Å²) in [6.45, 7) is 36.2. The number of hydrogen-bond acceptors (Lipinski definition) is 3. The van der Waals surface area contributed by atoms with Crippen LogP contribution in [0.2, 0.25) is 0 Å². The first-order valence-corrected chi connectivity index (χ1v) is 20.9. The molecule has 3 aliphatic rings. The van der Waals surface area contributed by atoms with Crippen LogP contribution in [0.25, 0.3) is 10.1 Å². The smallest absolute Gasteiger partial charge is 0.264 e. The molecule has 2 nitrogen and oxygen atoms in total. The topological polar surface area (TPSA) is 6.48 Å². The number of thiophene rings is 1. The molecule has 5 aromatic rings. The van der Waals surface area contributed by atoms with Gasteiger partial charge in [0.1, 0.15) is 0 Å². The van der Waals surface area contributed by atoms with Crippen molar-refractivity contribution in [2.24, 2.45) is 16.7 Å². The highest BCUT2D eigenvalue weighted by atomic mass is 32.1. The molecule has 2 atom stereocenters. The molecule has 276 valence electrons. The van der Waals surface area contributed by atoms with Gasteiger partial charge in [-0.25, -0.2) is 0 Å². The number of hydrogen-bond donors (Lipinski definition) is 0. The fraction of sp³-hybridized carbons (Fsp3) is 0.469. The summed E-state index contributed by atoms with van der Waals surface area (Å²) >= 11 is 2.04. The minimum absolute atomic E-state index is 0.0332. The van der Waals surface area contributed by atoms with E-state index in [4.69, 9.17) is 0 Å². The van der Waals surface area contributed by atoms with Crippen LogP contribution in [0.4, 0.5) is 28.4 Å². The van der Waals surface area contributed by atoms with Gasteiger partial charge in [0.05, 0.1) is 5.69 Å². The molecule has 8 rings (SSSR count). The molecule has 3 heterocycles. The van der Waals surface area contributed by atoms with E-state index >= 15 is 0 Å². The van der Waals surface area contributed by atoms with Crippen molar-refractivity contribution in [1.82, 2.24) is 0 Å². The van der Waals surface area contributed by atoms with Crippen LogP contribution in [0.3, 0.4) is 0 Å². The van der Waals surface area contributed by atoms with Crippen molar-refractivity contribution in [3.05, 3.63) is 95.1 Å². The SMILES string of the molecule is Cc1cc2c3c(c1)N(C1CC(C)C(C)(C)C1(C)C)c1c(sc4ccc(C(C)(C)C)cc14)B3c1cc(C(C)(C)C)ccc1N2c1ccc(C(C)(C)C)cc1. The van der Waals surface area contributed by atoms with E-state index in [0.717, 1.165) is 0 Å². The zero-order chi connectivity index (χ0) is 38.4. The van der Waals surface area contributed by atoms with Gasteiger partial charge < -0.3 is 9.80 Å². The molecule has 0 bridgehead atoms. The summed E-state index contributed by atoms with van der Waals surface area (Å²) in [5, 5.41) is 1.42. The summed E-state index contributed by atoms with van der Waals surface area (Å²) in [4.78, 5) is 5.48. The van der Waals surface area contributed by atoms with Crippen molar-refractivity contribution < 1.29 is 0 Å². The third-order valence-corrected chi connectivity index (χ3v) is 15.4. The highest BCUT2D eigenvalue weighted by Gasteiger charge is 2.57. The van der Waals surface area contributed by atoms with Crippen LogP contribution in [0.5, 0.6) is 0 Å². The van der Waals surface area contributed by atoms with Gasteiger partial charge in [-0.2, -0.15) is 0 Å². The summed E-state index contributed by atoms with van der Waals surface area (Å²) < 4.78 is 2.91. The first kappa shape index (κ1) is 36.5. The molecule has 0 radical (unpaired) electrons. The van der Waals surface area contributed by atoms with Crippen LogP contribution < -0.4 is 25.5 Å². The molecule has 1 aromatic heterocycles. The Balaban J connectivity index is 1.49. The molecule has 4 aromatic carbocycles. The molecule has 0 N–H and O–H groups in total. The van der Waals surface area contributed by atoms with Crippen molar-refractivity contribution in [2.75, 3.05) is 9.80 Å². The number of fused-ring (bicyclic) bond motifs is 6. The van der Waals surface area contributed by atoms with Gasteiger partial charge in [0.25, 0.3) is 6.71 Å². The first-order valence-electron chi connectivity index (χ1n) is 20.1. The second kappa shape index (κ2) is 11.5. The molecule has 2 aliphatic heterocycles. The minimum Gasteiger partial charge on any atom is -0.337 e. The van der Waals surface area contributed by atoms with Crippen LogP contribution in [-0.2, 0) is 16.2 Å². The number of benzene rings is 4. The van der Waals surface area contributed by atoms with Crippen molar-refractivity contribution in [3.8, 4) is 0 Å². The number of nitrogens with zero attached hydrogens (tertiary/aromatic N) is 2.